The van der Waals surface area contributed by atoms with Crippen molar-refractivity contribution in [2.75, 3.05) is 0 Å². The van der Waals surface area contributed by atoms with Gasteiger partial charge in [-0.2, -0.15) is 0 Å². The molecule has 0 saturated carbocycles. The number of hydrogen-bond donors (Lipinski definition) is 1. The number of carbonyl (C=O) groups is 1. The quantitative estimate of drug-likeness (QED) is 0.898. The molecule has 1 aromatic carbocycles. The highest BCUT2D eigenvalue weighted by molar-refractivity contribution is 5.82. The molecule has 0 aliphatic heterocycles. The summed E-state index contributed by atoms with van der Waals surface area (Å²) in [7, 11) is 0. The van der Waals surface area contributed by atoms with Gasteiger partial charge in [0, 0.05) is 17.8 Å². The molecule has 0 aliphatic carbocycles. The number of benzene rings is 1. The van der Waals surface area contributed by atoms with Gasteiger partial charge in [-0.1, -0.05) is 19.1 Å². The molecule has 18 heavy (non-hydrogen) atoms. The molecule has 0 saturated heterocycles. The molecular formula is C15H19NO2. The first kappa shape index (κ1) is 12.7. The lowest BCUT2D eigenvalue weighted by atomic mass is 10.0. The summed E-state index contributed by atoms with van der Waals surface area (Å²) in [5.74, 6) is -1.08. The predicted molar refractivity (Wildman–Crippen MR) is 72.9 cm³/mol. The first-order valence-corrected chi connectivity index (χ1v) is 6.34. The number of aryl methyl sites for hydroxylation is 2. The molecule has 0 fully saturated rings. The van der Waals surface area contributed by atoms with Gasteiger partial charge < -0.3 is 9.67 Å². The Balaban J connectivity index is 2.40. The lowest BCUT2D eigenvalue weighted by Gasteiger charge is -2.08. The molecule has 0 radical (unpaired) electrons. The molecule has 0 bridgehead atoms. The second-order valence-corrected chi connectivity index (χ2v) is 4.87. The summed E-state index contributed by atoms with van der Waals surface area (Å²) in [4.78, 5) is 10.9. The van der Waals surface area contributed by atoms with E-state index < -0.39 is 5.97 Å². The Kier molecular flexibility index (Phi) is 3.41. The minimum atomic E-state index is -0.739. The fourth-order valence-corrected chi connectivity index (χ4v) is 2.43. The van der Waals surface area contributed by atoms with E-state index >= 15 is 0 Å². The number of hydrogen-bond acceptors (Lipinski definition) is 1. The van der Waals surface area contributed by atoms with Crippen LogP contribution in [0.5, 0.6) is 0 Å². The van der Waals surface area contributed by atoms with Gasteiger partial charge in [0.2, 0.25) is 0 Å². The van der Waals surface area contributed by atoms with Crippen molar-refractivity contribution in [1.29, 1.82) is 0 Å². The third kappa shape index (κ3) is 2.26. The monoisotopic (exact) mass is 245 g/mol. The molecule has 3 nitrogen and oxygen atoms in total. The highest BCUT2D eigenvalue weighted by Gasteiger charge is 2.12. The average molecular weight is 245 g/mol. The summed E-state index contributed by atoms with van der Waals surface area (Å²) in [5.41, 5.74) is 3.53. The van der Waals surface area contributed by atoms with Crippen LogP contribution in [0, 0.1) is 12.8 Å². The summed E-state index contributed by atoms with van der Waals surface area (Å²) < 4.78 is 2.25. The van der Waals surface area contributed by atoms with Crippen LogP contribution in [0.4, 0.5) is 0 Å². The summed E-state index contributed by atoms with van der Waals surface area (Å²) >= 11 is 0. The van der Waals surface area contributed by atoms with E-state index in [2.05, 4.69) is 36.6 Å². The van der Waals surface area contributed by atoms with Crippen LogP contribution in [0.1, 0.15) is 25.1 Å². The van der Waals surface area contributed by atoms with Gasteiger partial charge >= 0.3 is 5.97 Å². The minimum absolute atomic E-state index is 0.339. The van der Waals surface area contributed by atoms with Crippen molar-refractivity contribution in [2.45, 2.75) is 33.7 Å². The molecule has 3 heteroatoms. The van der Waals surface area contributed by atoms with Crippen LogP contribution in [0.15, 0.2) is 24.3 Å². The molecule has 2 rings (SSSR count). The van der Waals surface area contributed by atoms with Gasteiger partial charge in [-0.25, -0.2) is 0 Å². The van der Waals surface area contributed by atoms with Crippen LogP contribution < -0.4 is 0 Å². The number of fused-ring (bicyclic) bond motifs is 1. The smallest absolute Gasteiger partial charge is 0.306 e. The molecule has 0 aliphatic rings. The van der Waals surface area contributed by atoms with Crippen molar-refractivity contribution in [2.24, 2.45) is 5.92 Å². The van der Waals surface area contributed by atoms with Gasteiger partial charge in [-0.05, 0) is 43.4 Å². The molecule has 1 heterocycles. The van der Waals surface area contributed by atoms with Crippen molar-refractivity contribution < 1.29 is 9.90 Å². The van der Waals surface area contributed by atoms with E-state index in [1.165, 1.54) is 16.6 Å². The van der Waals surface area contributed by atoms with Gasteiger partial charge in [0.15, 0.2) is 0 Å². The second kappa shape index (κ2) is 4.84. The summed E-state index contributed by atoms with van der Waals surface area (Å²) in [5, 5.41) is 10.2. The molecular weight excluding hydrogens is 226 g/mol. The number of rotatable bonds is 4. The normalized spacial score (nSPS) is 12.8. The van der Waals surface area contributed by atoms with E-state index in [0.29, 0.717) is 6.42 Å². The second-order valence-electron chi connectivity index (χ2n) is 4.87. The van der Waals surface area contributed by atoms with Crippen molar-refractivity contribution >= 4 is 16.9 Å². The third-order valence-electron chi connectivity index (χ3n) is 3.46. The summed E-state index contributed by atoms with van der Waals surface area (Å²) in [6.45, 7) is 6.91. The lowest BCUT2D eigenvalue weighted by molar-refractivity contribution is -0.141. The molecule has 1 atom stereocenters. The Labute approximate surface area is 107 Å². The molecule has 2 aromatic rings. The van der Waals surface area contributed by atoms with Gasteiger partial charge in [-0.15, -0.1) is 0 Å². The molecule has 0 amide bonds. The first-order valence-electron chi connectivity index (χ1n) is 6.34. The van der Waals surface area contributed by atoms with Crippen LogP contribution in [-0.4, -0.2) is 15.6 Å². The zero-order valence-electron chi connectivity index (χ0n) is 11.1. The van der Waals surface area contributed by atoms with Crippen molar-refractivity contribution in [3.63, 3.8) is 0 Å². The van der Waals surface area contributed by atoms with E-state index in [-0.39, 0.29) is 5.92 Å². The number of carboxylic acids is 1. The van der Waals surface area contributed by atoms with Crippen LogP contribution >= 0.6 is 0 Å². The van der Waals surface area contributed by atoms with Crippen molar-refractivity contribution in [1.82, 2.24) is 4.57 Å². The van der Waals surface area contributed by atoms with Crippen LogP contribution in [-0.2, 0) is 17.8 Å². The van der Waals surface area contributed by atoms with E-state index in [1.54, 1.807) is 6.92 Å². The van der Waals surface area contributed by atoms with E-state index in [4.69, 9.17) is 5.11 Å². The highest BCUT2D eigenvalue weighted by Crippen LogP contribution is 2.22. The standard InChI is InChI=1S/C15H19NO2/c1-4-16-11(3)8-13-6-5-12(9-14(13)16)7-10(2)15(17)18/h5-6,8-10H,4,7H2,1-3H3,(H,17,18). The SMILES string of the molecule is CCn1c(C)cc2ccc(CC(C)C(=O)O)cc21. The molecule has 96 valence electrons. The largest absolute Gasteiger partial charge is 0.481 e. The maximum absolute atomic E-state index is 10.9. The number of nitrogens with zero attached hydrogens (tertiary/aromatic N) is 1. The van der Waals surface area contributed by atoms with Crippen LogP contribution in [0.25, 0.3) is 10.9 Å². The van der Waals surface area contributed by atoms with Gasteiger partial charge in [0.1, 0.15) is 0 Å². The Morgan fingerprint density at radius 2 is 2.11 bits per heavy atom. The summed E-state index contributed by atoms with van der Waals surface area (Å²) in [6.07, 6.45) is 0.583. The average Bonchev–Trinajstić information content (AvgIpc) is 2.63. The summed E-state index contributed by atoms with van der Waals surface area (Å²) in [6, 6.07) is 8.40. The predicted octanol–water partition coefficient (Wildman–Crippen LogP) is 3.23. The van der Waals surface area contributed by atoms with Crippen molar-refractivity contribution in [3.05, 3.63) is 35.5 Å². The topological polar surface area (TPSA) is 42.2 Å². The number of aliphatic carboxylic acids is 1. The maximum atomic E-state index is 10.9. The van der Waals surface area contributed by atoms with Gasteiger partial charge in [-0.3, -0.25) is 4.79 Å². The van der Waals surface area contributed by atoms with E-state index in [0.717, 1.165) is 12.1 Å². The van der Waals surface area contributed by atoms with Crippen LogP contribution in [0.3, 0.4) is 0 Å². The Hall–Kier alpha value is -1.77. The zero-order valence-corrected chi connectivity index (χ0v) is 11.1. The number of aromatic nitrogens is 1. The number of carboxylic acid groups (broad SMARTS) is 1. The molecule has 1 aromatic heterocycles. The Bertz CT molecular complexity index is 583. The highest BCUT2D eigenvalue weighted by atomic mass is 16.4. The maximum Gasteiger partial charge on any atom is 0.306 e. The van der Waals surface area contributed by atoms with E-state index in [9.17, 15) is 4.79 Å². The van der Waals surface area contributed by atoms with E-state index in [1.807, 2.05) is 6.07 Å². The fourth-order valence-electron chi connectivity index (χ4n) is 2.43. The van der Waals surface area contributed by atoms with Gasteiger partial charge in [0.25, 0.3) is 0 Å². The Morgan fingerprint density at radius 1 is 1.39 bits per heavy atom. The van der Waals surface area contributed by atoms with Crippen molar-refractivity contribution in [3.8, 4) is 0 Å². The molecule has 1 N–H and O–H groups in total. The molecule has 1 unspecified atom stereocenters. The zero-order chi connectivity index (χ0) is 13.3. The van der Waals surface area contributed by atoms with Gasteiger partial charge in [0.05, 0.1) is 5.92 Å². The Morgan fingerprint density at radius 3 is 2.72 bits per heavy atom. The third-order valence-corrected chi connectivity index (χ3v) is 3.46. The fraction of sp³-hybridized carbons (Fsp3) is 0.400. The first-order chi connectivity index (χ1) is 8.52. The lowest BCUT2D eigenvalue weighted by Crippen LogP contribution is -2.12. The molecule has 0 spiro atoms. The van der Waals surface area contributed by atoms with Crippen LogP contribution in [0.2, 0.25) is 0 Å². The minimum Gasteiger partial charge on any atom is -0.481 e.